The van der Waals surface area contributed by atoms with Crippen molar-refractivity contribution >= 4 is 34.6 Å². The summed E-state index contributed by atoms with van der Waals surface area (Å²) in [6, 6.07) is 12.4. The van der Waals surface area contributed by atoms with Gasteiger partial charge in [0.2, 0.25) is 0 Å². The number of aromatic nitrogens is 1. The number of rotatable bonds is 9. The van der Waals surface area contributed by atoms with E-state index < -0.39 is 0 Å². The Morgan fingerprint density at radius 3 is 2.50 bits per heavy atom. The zero-order valence-corrected chi connectivity index (χ0v) is 22.8. The highest BCUT2D eigenvalue weighted by Gasteiger charge is 2.25. The molecule has 1 N–H and O–H groups in total. The second-order valence-corrected chi connectivity index (χ2v) is 10.0. The van der Waals surface area contributed by atoms with Crippen molar-refractivity contribution in [2.24, 2.45) is 0 Å². The van der Waals surface area contributed by atoms with E-state index in [1.165, 1.54) is 25.9 Å². The highest BCUT2D eigenvalue weighted by Crippen LogP contribution is 2.38. The monoisotopic (exact) mass is 542 g/mol. The van der Waals surface area contributed by atoms with Crippen LogP contribution in [0.1, 0.15) is 35.2 Å². The minimum atomic E-state index is -0.201. The van der Waals surface area contributed by atoms with Gasteiger partial charge in [-0.25, -0.2) is 4.79 Å². The molecule has 3 aromatic rings. The highest BCUT2D eigenvalue weighted by molar-refractivity contribution is 6.02. The maximum Gasteiger partial charge on any atom is 0.321 e. The molecule has 2 saturated heterocycles. The lowest BCUT2D eigenvalue weighted by Crippen LogP contribution is -2.50. The number of nitriles is 1. The van der Waals surface area contributed by atoms with Crippen LogP contribution < -0.4 is 19.7 Å². The molecule has 3 heterocycles. The van der Waals surface area contributed by atoms with Crippen molar-refractivity contribution in [1.29, 1.82) is 5.26 Å². The lowest BCUT2D eigenvalue weighted by atomic mass is 10.1. The average Bonchev–Trinajstić information content (AvgIpc) is 3.52. The van der Waals surface area contributed by atoms with E-state index in [4.69, 9.17) is 14.7 Å². The molecule has 10 nitrogen and oxygen atoms in total. The number of fused-ring (bicyclic) bond motifs is 1. The van der Waals surface area contributed by atoms with E-state index in [0.29, 0.717) is 61.1 Å². The van der Waals surface area contributed by atoms with Crippen LogP contribution in [0.15, 0.2) is 42.6 Å². The Bertz CT molecular complexity index is 1390. The summed E-state index contributed by atoms with van der Waals surface area (Å²) in [5, 5.41) is 12.7. The number of carbonyl (C=O) groups excluding carboxylic acids is 2. The number of urea groups is 1. The van der Waals surface area contributed by atoms with E-state index in [1.807, 2.05) is 12.1 Å². The number of anilines is 2. The van der Waals surface area contributed by atoms with Crippen molar-refractivity contribution in [3.8, 4) is 17.6 Å². The number of amides is 2. The van der Waals surface area contributed by atoms with Crippen LogP contribution in [-0.2, 0) is 0 Å². The van der Waals surface area contributed by atoms with Crippen molar-refractivity contribution in [1.82, 2.24) is 14.8 Å². The third-order valence-electron chi connectivity index (χ3n) is 7.50. The lowest BCUT2D eigenvalue weighted by molar-refractivity contribution is 0.112. The van der Waals surface area contributed by atoms with Crippen molar-refractivity contribution in [3.05, 3.63) is 53.7 Å². The van der Waals surface area contributed by atoms with Crippen LogP contribution in [0.5, 0.6) is 11.5 Å². The molecule has 5 rings (SSSR count). The summed E-state index contributed by atoms with van der Waals surface area (Å²) >= 11 is 0. The topological polar surface area (TPSA) is 111 Å². The van der Waals surface area contributed by atoms with Gasteiger partial charge < -0.3 is 29.5 Å². The number of piperazine rings is 1. The van der Waals surface area contributed by atoms with Gasteiger partial charge in [0.25, 0.3) is 0 Å². The normalized spacial score (nSPS) is 15.6. The molecule has 2 amide bonds. The summed E-state index contributed by atoms with van der Waals surface area (Å²) in [5.74, 6) is 1.23. The fraction of sp³-hybridized carbons (Fsp3) is 0.400. The molecule has 0 saturated carbocycles. The largest absolute Gasteiger partial charge is 0.493 e. The second kappa shape index (κ2) is 12.7. The number of benzene rings is 2. The summed E-state index contributed by atoms with van der Waals surface area (Å²) in [4.78, 5) is 35.7. The first-order valence-electron chi connectivity index (χ1n) is 13.7. The Balaban J connectivity index is 1.28. The summed E-state index contributed by atoms with van der Waals surface area (Å²) in [6.45, 7) is 6.03. The molecule has 0 aliphatic carbocycles. The first-order valence-corrected chi connectivity index (χ1v) is 13.7. The van der Waals surface area contributed by atoms with Crippen molar-refractivity contribution in [2.75, 3.05) is 69.7 Å². The highest BCUT2D eigenvalue weighted by atomic mass is 16.5. The molecule has 0 bridgehead atoms. The SMILES string of the molecule is COc1cc2c(N3CCN(C(=O)Nc4ccc(C#N)cc4)CC3)c(C=O)cnc2cc1OCCCN1CCCC1. The van der Waals surface area contributed by atoms with Gasteiger partial charge in [0, 0.05) is 56.1 Å². The molecule has 10 heteroatoms. The quantitative estimate of drug-likeness (QED) is 0.317. The number of hydrogen-bond donors (Lipinski definition) is 1. The number of nitrogens with zero attached hydrogens (tertiary/aromatic N) is 5. The fourth-order valence-corrected chi connectivity index (χ4v) is 5.35. The number of likely N-dealkylation sites (tertiary alicyclic amines) is 1. The zero-order valence-electron chi connectivity index (χ0n) is 22.8. The molecule has 1 aromatic heterocycles. The molecular weight excluding hydrogens is 508 g/mol. The molecule has 208 valence electrons. The molecule has 0 spiro atoms. The Morgan fingerprint density at radius 1 is 1.07 bits per heavy atom. The van der Waals surface area contributed by atoms with Gasteiger partial charge in [0.15, 0.2) is 17.8 Å². The first kappa shape index (κ1) is 27.2. The number of methoxy groups -OCH3 is 1. The van der Waals surface area contributed by atoms with E-state index in [0.717, 1.165) is 35.8 Å². The molecule has 2 aromatic carbocycles. The molecule has 2 aliphatic rings. The lowest BCUT2D eigenvalue weighted by Gasteiger charge is -2.37. The van der Waals surface area contributed by atoms with Gasteiger partial charge in [-0.15, -0.1) is 0 Å². The van der Waals surface area contributed by atoms with Crippen LogP contribution in [0.4, 0.5) is 16.2 Å². The van der Waals surface area contributed by atoms with Crippen molar-refractivity contribution in [3.63, 3.8) is 0 Å². The van der Waals surface area contributed by atoms with Gasteiger partial charge in [0.05, 0.1) is 42.1 Å². The van der Waals surface area contributed by atoms with Crippen molar-refractivity contribution < 1.29 is 19.1 Å². The maximum atomic E-state index is 12.8. The smallest absolute Gasteiger partial charge is 0.321 e. The predicted octanol–water partition coefficient (Wildman–Crippen LogP) is 4.15. The first-order chi connectivity index (χ1) is 19.6. The van der Waals surface area contributed by atoms with E-state index in [2.05, 4.69) is 26.2 Å². The fourth-order valence-electron chi connectivity index (χ4n) is 5.35. The van der Waals surface area contributed by atoms with E-state index >= 15 is 0 Å². The maximum absolute atomic E-state index is 12.8. The average molecular weight is 543 g/mol. The number of carbonyl (C=O) groups is 2. The molecule has 2 fully saturated rings. The van der Waals surface area contributed by atoms with Crippen LogP contribution >= 0.6 is 0 Å². The Labute approximate surface area is 234 Å². The van der Waals surface area contributed by atoms with Crippen LogP contribution in [-0.4, -0.2) is 86.6 Å². The number of pyridine rings is 1. The second-order valence-electron chi connectivity index (χ2n) is 10.0. The summed E-state index contributed by atoms with van der Waals surface area (Å²) in [5.41, 5.74) is 3.17. The van der Waals surface area contributed by atoms with E-state index in [1.54, 1.807) is 42.5 Å². The standard InChI is InChI=1S/C30H34N6O4/c1-39-27-17-25-26(18-28(27)40-16-4-11-34-9-2-3-10-34)32-20-23(21-37)29(25)35-12-14-36(15-13-35)30(38)33-24-7-5-22(19-31)6-8-24/h5-8,17-18,20-21H,2-4,9-16H2,1H3,(H,33,38). The Kier molecular flexibility index (Phi) is 8.62. The van der Waals surface area contributed by atoms with E-state index in [9.17, 15) is 9.59 Å². The molecule has 40 heavy (non-hydrogen) atoms. The van der Waals surface area contributed by atoms with Gasteiger partial charge in [-0.3, -0.25) is 9.78 Å². The molecule has 2 aliphatic heterocycles. The number of hydrogen-bond acceptors (Lipinski definition) is 8. The van der Waals surface area contributed by atoms with Gasteiger partial charge >= 0.3 is 6.03 Å². The minimum absolute atomic E-state index is 0.201. The summed E-state index contributed by atoms with van der Waals surface area (Å²) in [6.07, 6.45) is 5.90. The molecule has 0 unspecified atom stereocenters. The van der Waals surface area contributed by atoms with Crippen LogP contribution in [0.25, 0.3) is 10.9 Å². The van der Waals surface area contributed by atoms with E-state index in [-0.39, 0.29) is 6.03 Å². The zero-order chi connectivity index (χ0) is 27.9. The molecule has 0 atom stereocenters. The number of nitrogens with one attached hydrogen (secondary N) is 1. The molecule has 0 radical (unpaired) electrons. The van der Waals surface area contributed by atoms with Gasteiger partial charge in [-0.2, -0.15) is 5.26 Å². The minimum Gasteiger partial charge on any atom is -0.493 e. The summed E-state index contributed by atoms with van der Waals surface area (Å²) < 4.78 is 11.8. The van der Waals surface area contributed by atoms with Crippen LogP contribution in [0.2, 0.25) is 0 Å². The third kappa shape index (κ3) is 6.10. The Morgan fingerprint density at radius 2 is 1.82 bits per heavy atom. The predicted molar refractivity (Wildman–Crippen MR) is 153 cm³/mol. The number of aldehydes is 1. The van der Waals surface area contributed by atoms with Gasteiger partial charge in [0.1, 0.15) is 0 Å². The van der Waals surface area contributed by atoms with Crippen molar-refractivity contribution in [2.45, 2.75) is 19.3 Å². The van der Waals surface area contributed by atoms with Crippen LogP contribution in [0.3, 0.4) is 0 Å². The Hall–Kier alpha value is -4.36. The summed E-state index contributed by atoms with van der Waals surface area (Å²) in [7, 11) is 1.61. The third-order valence-corrected chi connectivity index (χ3v) is 7.50. The van der Waals surface area contributed by atoms with Gasteiger partial charge in [-0.05, 0) is 62.7 Å². The number of ether oxygens (including phenoxy) is 2. The van der Waals surface area contributed by atoms with Crippen LogP contribution in [0, 0.1) is 11.3 Å². The molecular formula is C30H34N6O4. The van der Waals surface area contributed by atoms with Gasteiger partial charge in [-0.1, -0.05) is 0 Å².